The van der Waals surface area contributed by atoms with Crippen LogP contribution in [0.4, 0.5) is 0 Å². The van der Waals surface area contributed by atoms with E-state index in [1.165, 1.54) is 0 Å². The van der Waals surface area contributed by atoms with Gasteiger partial charge in [-0.25, -0.2) is 0 Å². The van der Waals surface area contributed by atoms with E-state index in [0.717, 1.165) is 32.4 Å². The third-order valence-corrected chi connectivity index (χ3v) is 3.21. The zero-order chi connectivity index (χ0) is 10.4. The molecule has 2 N–H and O–H groups in total. The average Bonchev–Trinajstić information content (AvgIpc) is 2.58. The van der Waals surface area contributed by atoms with E-state index in [1.54, 1.807) is 0 Å². The Bertz CT molecular complexity index is 187. The molecule has 0 aliphatic carbocycles. The van der Waals surface area contributed by atoms with Gasteiger partial charge in [0.05, 0.1) is 0 Å². The van der Waals surface area contributed by atoms with Crippen LogP contribution in [0.3, 0.4) is 0 Å². The summed E-state index contributed by atoms with van der Waals surface area (Å²) < 4.78 is 0. The molecule has 2 unspecified atom stereocenters. The Balaban J connectivity index is 2.10. The summed E-state index contributed by atoms with van der Waals surface area (Å²) in [6, 6.07) is 0.351. The van der Waals surface area contributed by atoms with Crippen molar-refractivity contribution in [3.8, 4) is 0 Å². The summed E-state index contributed by atoms with van der Waals surface area (Å²) in [4.78, 5) is 11.3. The quantitative estimate of drug-likeness (QED) is 0.599. The van der Waals surface area contributed by atoms with Crippen LogP contribution in [0, 0.1) is 0 Å². The van der Waals surface area contributed by atoms with Crippen molar-refractivity contribution in [1.82, 2.24) is 10.6 Å². The Morgan fingerprint density at radius 2 is 2.43 bits per heavy atom. The first-order valence-electron chi connectivity index (χ1n) is 5.42. The van der Waals surface area contributed by atoms with Crippen LogP contribution in [0.5, 0.6) is 0 Å². The molecular formula is C10H20N2OS. The normalized spacial score (nSPS) is 26.4. The van der Waals surface area contributed by atoms with Crippen LogP contribution in [-0.2, 0) is 4.79 Å². The zero-order valence-corrected chi connectivity index (χ0v) is 9.65. The van der Waals surface area contributed by atoms with E-state index in [4.69, 9.17) is 0 Å². The lowest BCUT2D eigenvalue weighted by Gasteiger charge is -2.15. The molecule has 1 aliphatic heterocycles. The van der Waals surface area contributed by atoms with Crippen molar-refractivity contribution in [1.29, 1.82) is 0 Å². The second-order valence-electron chi connectivity index (χ2n) is 3.82. The van der Waals surface area contributed by atoms with Crippen LogP contribution < -0.4 is 10.6 Å². The summed E-state index contributed by atoms with van der Waals surface area (Å²) in [5.74, 6) is 0.168. The second kappa shape index (κ2) is 6.30. The minimum absolute atomic E-state index is 0.168. The number of hydrogen-bond acceptors (Lipinski definition) is 3. The van der Waals surface area contributed by atoms with Gasteiger partial charge in [-0.15, -0.1) is 0 Å². The summed E-state index contributed by atoms with van der Waals surface area (Å²) >= 11 is 4.45. The van der Waals surface area contributed by atoms with Gasteiger partial charge in [-0.3, -0.25) is 4.79 Å². The number of thiol groups is 1. The van der Waals surface area contributed by atoms with E-state index in [0.29, 0.717) is 17.7 Å². The van der Waals surface area contributed by atoms with Gasteiger partial charge in [0, 0.05) is 24.3 Å². The molecule has 1 saturated heterocycles. The third-order valence-electron chi connectivity index (χ3n) is 2.59. The molecule has 0 saturated carbocycles. The molecule has 1 fully saturated rings. The maximum atomic E-state index is 11.3. The number of carbonyl (C=O) groups excluding carboxylic acids is 1. The number of hydrogen-bond donors (Lipinski definition) is 3. The van der Waals surface area contributed by atoms with Crippen molar-refractivity contribution in [3.05, 3.63) is 0 Å². The molecule has 0 radical (unpaired) electrons. The fourth-order valence-corrected chi connectivity index (χ4v) is 1.95. The lowest BCUT2D eigenvalue weighted by Crippen LogP contribution is -2.40. The van der Waals surface area contributed by atoms with E-state index in [2.05, 4.69) is 30.2 Å². The molecule has 0 aromatic heterocycles. The molecule has 1 aliphatic rings. The van der Waals surface area contributed by atoms with E-state index in [1.807, 2.05) is 0 Å². The van der Waals surface area contributed by atoms with Gasteiger partial charge in [0.15, 0.2) is 0 Å². The predicted octanol–water partition coefficient (Wildman–Crippen LogP) is 0.953. The second-order valence-corrected chi connectivity index (χ2v) is 4.49. The Labute approximate surface area is 91.4 Å². The summed E-state index contributed by atoms with van der Waals surface area (Å²) in [7, 11) is 0. The summed E-state index contributed by atoms with van der Waals surface area (Å²) in [5, 5.41) is 6.66. The minimum atomic E-state index is 0.168. The van der Waals surface area contributed by atoms with Gasteiger partial charge in [0.25, 0.3) is 0 Å². The molecule has 14 heavy (non-hydrogen) atoms. The number of nitrogens with one attached hydrogen (secondary N) is 2. The van der Waals surface area contributed by atoms with Gasteiger partial charge in [-0.2, -0.15) is 12.6 Å². The summed E-state index contributed by atoms with van der Waals surface area (Å²) in [6.07, 6.45) is 3.80. The van der Waals surface area contributed by atoms with Crippen LogP contribution in [0.2, 0.25) is 0 Å². The van der Waals surface area contributed by atoms with Gasteiger partial charge < -0.3 is 10.6 Å². The largest absolute Gasteiger partial charge is 0.354 e. The molecular weight excluding hydrogens is 196 g/mol. The molecule has 2 atom stereocenters. The molecule has 1 rings (SSSR count). The van der Waals surface area contributed by atoms with E-state index < -0.39 is 0 Å². The molecule has 0 spiro atoms. The average molecular weight is 216 g/mol. The molecule has 3 nitrogen and oxygen atoms in total. The van der Waals surface area contributed by atoms with Gasteiger partial charge >= 0.3 is 0 Å². The Kier molecular flexibility index (Phi) is 5.33. The Hall–Kier alpha value is -0.220. The van der Waals surface area contributed by atoms with Gasteiger partial charge in [0.1, 0.15) is 0 Å². The van der Waals surface area contributed by atoms with Crippen molar-refractivity contribution in [2.75, 3.05) is 13.1 Å². The fraction of sp³-hybridized carbons (Fsp3) is 0.900. The minimum Gasteiger partial charge on any atom is -0.354 e. The predicted molar refractivity (Wildman–Crippen MR) is 61.7 cm³/mol. The SMILES string of the molecule is CCCCC(=O)NCC1NCCC1S. The van der Waals surface area contributed by atoms with Crippen LogP contribution >= 0.6 is 12.6 Å². The first-order chi connectivity index (χ1) is 6.74. The topological polar surface area (TPSA) is 41.1 Å². The van der Waals surface area contributed by atoms with Crippen molar-refractivity contribution in [3.63, 3.8) is 0 Å². The molecule has 0 aromatic rings. The standard InChI is InChI=1S/C10H20N2OS/c1-2-3-4-10(13)12-7-8-9(14)5-6-11-8/h8-9,11,14H,2-7H2,1H3,(H,12,13). The van der Waals surface area contributed by atoms with Crippen molar-refractivity contribution < 1.29 is 4.79 Å². The Morgan fingerprint density at radius 3 is 3.00 bits per heavy atom. The van der Waals surface area contributed by atoms with Crippen molar-refractivity contribution in [2.24, 2.45) is 0 Å². The molecule has 1 heterocycles. The zero-order valence-electron chi connectivity index (χ0n) is 8.75. The Morgan fingerprint density at radius 1 is 1.64 bits per heavy atom. The highest BCUT2D eigenvalue weighted by molar-refractivity contribution is 7.81. The number of rotatable bonds is 5. The van der Waals surface area contributed by atoms with Gasteiger partial charge in [-0.1, -0.05) is 13.3 Å². The number of carbonyl (C=O) groups is 1. The summed E-state index contributed by atoms with van der Waals surface area (Å²) in [6.45, 7) is 3.83. The van der Waals surface area contributed by atoms with Gasteiger partial charge in [0.2, 0.25) is 5.91 Å². The van der Waals surface area contributed by atoms with Crippen LogP contribution in [-0.4, -0.2) is 30.3 Å². The summed E-state index contributed by atoms with van der Waals surface area (Å²) in [5.41, 5.74) is 0. The molecule has 0 aromatic carbocycles. The smallest absolute Gasteiger partial charge is 0.220 e. The van der Waals surface area contributed by atoms with E-state index in [9.17, 15) is 4.79 Å². The van der Waals surface area contributed by atoms with Crippen molar-refractivity contribution in [2.45, 2.75) is 43.9 Å². The highest BCUT2D eigenvalue weighted by Crippen LogP contribution is 2.12. The van der Waals surface area contributed by atoms with Gasteiger partial charge in [-0.05, 0) is 19.4 Å². The lowest BCUT2D eigenvalue weighted by molar-refractivity contribution is -0.121. The highest BCUT2D eigenvalue weighted by atomic mass is 32.1. The maximum Gasteiger partial charge on any atom is 0.220 e. The monoisotopic (exact) mass is 216 g/mol. The first kappa shape index (κ1) is 11.9. The lowest BCUT2D eigenvalue weighted by atomic mass is 10.2. The maximum absolute atomic E-state index is 11.3. The van der Waals surface area contributed by atoms with Crippen LogP contribution in [0.15, 0.2) is 0 Å². The van der Waals surface area contributed by atoms with Crippen molar-refractivity contribution >= 4 is 18.5 Å². The van der Waals surface area contributed by atoms with Crippen LogP contribution in [0.1, 0.15) is 32.6 Å². The fourth-order valence-electron chi connectivity index (χ4n) is 1.61. The molecule has 0 bridgehead atoms. The molecule has 4 heteroatoms. The number of amides is 1. The van der Waals surface area contributed by atoms with E-state index in [-0.39, 0.29) is 5.91 Å². The molecule has 1 amide bonds. The first-order valence-corrected chi connectivity index (χ1v) is 5.93. The third kappa shape index (κ3) is 3.88. The number of unbranched alkanes of at least 4 members (excludes halogenated alkanes) is 1. The highest BCUT2D eigenvalue weighted by Gasteiger charge is 2.23. The van der Waals surface area contributed by atoms with Crippen LogP contribution in [0.25, 0.3) is 0 Å². The van der Waals surface area contributed by atoms with E-state index >= 15 is 0 Å². The molecule has 82 valence electrons.